The molecule has 1 heterocycles. The van der Waals surface area contributed by atoms with E-state index in [-0.39, 0.29) is 30.6 Å². The third-order valence-electron chi connectivity index (χ3n) is 5.37. The lowest BCUT2D eigenvalue weighted by atomic mass is 10.0. The van der Waals surface area contributed by atoms with E-state index in [2.05, 4.69) is 5.32 Å². The van der Waals surface area contributed by atoms with Gasteiger partial charge in [-0.15, -0.1) is 0 Å². The van der Waals surface area contributed by atoms with Crippen molar-refractivity contribution < 1.29 is 14.0 Å². The lowest BCUT2D eigenvalue weighted by molar-refractivity contribution is -0.139. The van der Waals surface area contributed by atoms with Gasteiger partial charge in [-0.1, -0.05) is 29.8 Å². The summed E-state index contributed by atoms with van der Waals surface area (Å²) in [5.74, 6) is -0.840. The minimum atomic E-state index is -0.791. The Kier molecular flexibility index (Phi) is 7.42. The van der Waals surface area contributed by atoms with Crippen molar-refractivity contribution in [2.24, 2.45) is 11.5 Å². The molecule has 1 aliphatic rings. The second-order valence-corrected chi connectivity index (χ2v) is 7.90. The lowest BCUT2D eigenvalue weighted by Crippen LogP contribution is -2.51. The molecule has 8 heteroatoms. The number of amides is 2. The average molecular weight is 433 g/mol. The van der Waals surface area contributed by atoms with Crippen molar-refractivity contribution in [2.75, 3.05) is 6.54 Å². The first-order chi connectivity index (χ1) is 14.4. The van der Waals surface area contributed by atoms with Gasteiger partial charge in [0.2, 0.25) is 11.8 Å². The molecule has 2 aromatic rings. The Morgan fingerprint density at radius 2 is 1.93 bits per heavy atom. The van der Waals surface area contributed by atoms with Gasteiger partial charge in [-0.25, -0.2) is 4.39 Å². The first-order valence-corrected chi connectivity index (χ1v) is 10.3. The Morgan fingerprint density at radius 3 is 2.63 bits per heavy atom. The van der Waals surface area contributed by atoms with Gasteiger partial charge in [-0.2, -0.15) is 0 Å². The number of likely N-dealkylation sites (tertiary alicyclic amines) is 1. The highest BCUT2D eigenvalue weighted by Crippen LogP contribution is 2.20. The molecule has 0 saturated carbocycles. The van der Waals surface area contributed by atoms with Gasteiger partial charge in [0.15, 0.2) is 0 Å². The van der Waals surface area contributed by atoms with Crippen molar-refractivity contribution in [1.82, 2.24) is 10.2 Å². The zero-order valence-corrected chi connectivity index (χ0v) is 17.4. The summed E-state index contributed by atoms with van der Waals surface area (Å²) in [6, 6.07) is 9.92. The molecule has 5 N–H and O–H groups in total. The van der Waals surface area contributed by atoms with Crippen LogP contribution in [0.25, 0.3) is 0 Å². The highest BCUT2D eigenvalue weighted by Gasteiger charge is 2.36. The summed E-state index contributed by atoms with van der Waals surface area (Å²) in [7, 11) is 0. The molecule has 1 fully saturated rings. The van der Waals surface area contributed by atoms with E-state index in [1.54, 1.807) is 29.2 Å². The highest BCUT2D eigenvalue weighted by atomic mass is 35.5. The molecule has 0 radical (unpaired) electrons. The van der Waals surface area contributed by atoms with Crippen LogP contribution in [0.1, 0.15) is 29.5 Å². The van der Waals surface area contributed by atoms with Gasteiger partial charge in [-0.05, 0) is 60.2 Å². The third-order valence-corrected chi connectivity index (χ3v) is 5.60. The second-order valence-electron chi connectivity index (χ2n) is 7.46. The summed E-state index contributed by atoms with van der Waals surface area (Å²) in [6.07, 6.45) is 1.60. The van der Waals surface area contributed by atoms with Crippen LogP contribution in [0.4, 0.5) is 4.39 Å². The molecular formula is C22H26ClFN4O2. The SMILES string of the molecule is NCc1ccc(Cl)cc1CNC(=O)C1CCCN1C(=O)C(N)Cc1ccc(F)cc1. The summed E-state index contributed by atoms with van der Waals surface area (Å²) in [5.41, 5.74) is 14.4. The number of rotatable bonds is 7. The van der Waals surface area contributed by atoms with E-state index in [0.29, 0.717) is 24.5 Å². The molecule has 2 amide bonds. The predicted octanol–water partition coefficient (Wildman–Crippen LogP) is 2.11. The molecule has 0 bridgehead atoms. The molecule has 160 valence electrons. The van der Waals surface area contributed by atoms with Gasteiger partial charge < -0.3 is 21.7 Å². The van der Waals surface area contributed by atoms with E-state index in [9.17, 15) is 14.0 Å². The Morgan fingerprint density at radius 1 is 1.20 bits per heavy atom. The summed E-state index contributed by atoms with van der Waals surface area (Å²) in [4.78, 5) is 27.2. The molecule has 0 spiro atoms. The fraction of sp³-hybridized carbons (Fsp3) is 0.364. The topological polar surface area (TPSA) is 101 Å². The first kappa shape index (κ1) is 22.2. The maximum Gasteiger partial charge on any atom is 0.243 e. The Hall–Kier alpha value is -2.48. The van der Waals surface area contributed by atoms with E-state index in [0.717, 1.165) is 23.1 Å². The Balaban J connectivity index is 1.61. The summed E-state index contributed by atoms with van der Waals surface area (Å²) < 4.78 is 13.1. The summed E-state index contributed by atoms with van der Waals surface area (Å²) in [6.45, 7) is 1.11. The van der Waals surface area contributed by atoms with Crippen LogP contribution in [0.5, 0.6) is 0 Å². The highest BCUT2D eigenvalue weighted by molar-refractivity contribution is 6.30. The molecule has 2 aromatic carbocycles. The molecule has 0 aliphatic carbocycles. The van der Waals surface area contributed by atoms with Crippen molar-refractivity contribution in [3.05, 3.63) is 70.0 Å². The van der Waals surface area contributed by atoms with Crippen molar-refractivity contribution in [3.63, 3.8) is 0 Å². The minimum absolute atomic E-state index is 0.224. The van der Waals surface area contributed by atoms with E-state index in [1.807, 2.05) is 6.07 Å². The number of nitrogens with zero attached hydrogens (tertiary/aromatic N) is 1. The van der Waals surface area contributed by atoms with Crippen LogP contribution < -0.4 is 16.8 Å². The lowest BCUT2D eigenvalue weighted by Gasteiger charge is -2.27. The molecule has 0 aromatic heterocycles. The van der Waals surface area contributed by atoms with Crippen LogP contribution in [0.2, 0.25) is 5.02 Å². The number of nitrogens with two attached hydrogens (primary N) is 2. The molecule has 1 aliphatic heterocycles. The number of carbonyl (C=O) groups is 2. The normalized spacial score (nSPS) is 17.1. The van der Waals surface area contributed by atoms with E-state index < -0.39 is 12.1 Å². The standard InChI is InChI=1S/C22H26ClFN4O2/c23-17-6-5-15(12-25)16(11-17)13-27-21(29)20-2-1-9-28(20)22(30)19(26)10-14-3-7-18(24)8-4-14/h3-8,11,19-20H,1-2,9-10,12-13,25-26H2,(H,27,29). The van der Waals surface area contributed by atoms with Crippen molar-refractivity contribution in [1.29, 1.82) is 0 Å². The number of benzene rings is 2. The van der Waals surface area contributed by atoms with Gasteiger partial charge in [0, 0.05) is 24.7 Å². The number of carbonyl (C=O) groups excluding carboxylic acids is 2. The van der Waals surface area contributed by atoms with Crippen LogP contribution in [-0.4, -0.2) is 35.3 Å². The summed E-state index contributed by atoms with van der Waals surface area (Å²) in [5, 5.41) is 3.46. The Bertz CT molecular complexity index is 907. The number of halogens is 2. The van der Waals surface area contributed by atoms with Gasteiger partial charge in [-0.3, -0.25) is 9.59 Å². The molecular weight excluding hydrogens is 407 g/mol. The van der Waals surface area contributed by atoms with Crippen LogP contribution in [0, 0.1) is 5.82 Å². The van der Waals surface area contributed by atoms with Crippen molar-refractivity contribution >= 4 is 23.4 Å². The van der Waals surface area contributed by atoms with E-state index >= 15 is 0 Å². The molecule has 2 unspecified atom stereocenters. The number of nitrogens with one attached hydrogen (secondary N) is 1. The molecule has 2 atom stereocenters. The largest absolute Gasteiger partial charge is 0.350 e. The third kappa shape index (κ3) is 5.36. The first-order valence-electron chi connectivity index (χ1n) is 9.94. The maximum absolute atomic E-state index is 13.1. The quantitative estimate of drug-likeness (QED) is 0.623. The average Bonchev–Trinajstić information content (AvgIpc) is 3.23. The van der Waals surface area contributed by atoms with Crippen molar-refractivity contribution in [2.45, 2.75) is 44.4 Å². The van der Waals surface area contributed by atoms with Crippen LogP contribution >= 0.6 is 11.6 Å². The maximum atomic E-state index is 13.1. The Labute approximate surface area is 180 Å². The molecule has 30 heavy (non-hydrogen) atoms. The molecule has 3 rings (SSSR count). The van der Waals surface area contributed by atoms with Crippen LogP contribution in [0.3, 0.4) is 0 Å². The van der Waals surface area contributed by atoms with Crippen molar-refractivity contribution in [3.8, 4) is 0 Å². The zero-order chi connectivity index (χ0) is 21.7. The van der Waals surface area contributed by atoms with Crippen LogP contribution in [-0.2, 0) is 29.1 Å². The van der Waals surface area contributed by atoms with Crippen LogP contribution in [0.15, 0.2) is 42.5 Å². The van der Waals surface area contributed by atoms with E-state index in [1.165, 1.54) is 12.1 Å². The van der Waals surface area contributed by atoms with Gasteiger partial charge in [0.05, 0.1) is 6.04 Å². The zero-order valence-electron chi connectivity index (χ0n) is 16.6. The monoisotopic (exact) mass is 432 g/mol. The van der Waals surface area contributed by atoms with Gasteiger partial charge in [0.1, 0.15) is 11.9 Å². The van der Waals surface area contributed by atoms with E-state index in [4.69, 9.17) is 23.1 Å². The summed E-state index contributed by atoms with van der Waals surface area (Å²) >= 11 is 6.05. The molecule has 6 nitrogen and oxygen atoms in total. The number of hydrogen-bond donors (Lipinski definition) is 3. The minimum Gasteiger partial charge on any atom is -0.350 e. The number of hydrogen-bond acceptors (Lipinski definition) is 4. The smallest absolute Gasteiger partial charge is 0.243 e. The fourth-order valence-corrected chi connectivity index (χ4v) is 3.93. The predicted molar refractivity (Wildman–Crippen MR) is 114 cm³/mol. The van der Waals surface area contributed by atoms with Gasteiger partial charge in [0.25, 0.3) is 0 Å². The van der Waals surface area contributed by atoms with Gasteiger partial charge >= 0.3 is 0 Å². The second kappa shape index (κ2) is 10.0. The fourth-order valence-electron chi connectivity index (χ4n) is 3.74. The molecule has 1 saturated heterocycles.